The fourth-order valence-electron chi connectivity index (χ4n) is 2.29. The lowest BCUT2D eigenvalue weighted by molar-refractivity contribution is -0.130. The number of nitrogens with one attached hydrogen (secondary N) is 1. The lowest BCUT2D eigenvalue weighted by Gasteiger charge is -2.41. The van der Waals surface area contributed by atoms with Gasteiger partial charge in [-0.15, -0.1) is 0 Å². The third kappa shape index (κ3) is 2.84. The summed E-state index contributed by atoms with van der Waals surface area (Å²) in [5.41, 5.74) is -0.139. The number of rotatable bonds is 3. The molecule has 0 bridgehead atoms. The molecule has 2 atom stereocenters. The van der Waals surface area contributed by atoms with Crippen molar-refractivity contribution < 1.29 is 21.2 Å². The molecule has 23 heavy (non-hydrogen) atoms. The van der Waals surface area contributed by atoms with Crippen molar-refractivity contribution in [1.82, 2.24) is 19.9 Å². The van der Waals surface area contributed by atoms with Crippen molar-refractivity contribution >= 4 is 22.8 Å². The van der Waals surface area contributed by atoms with E-state index in [2.05, 4.69) is 19.8 Å². The number of anilines is 1. The van der Waals surface area contributed by atoms with E-state index in [4.69, 9.17) is 23.0 Å². The number of amides is 1. The SMILES string of the molecule is [2H]c1nc(N(C([2H])([2H])[2H])[C@@]2([2H])CN(C(=O)C([2H])([2H])[N+]#[C-])CC[C@@]2([2H])C([2H])([2H])[2H])c2c([2H])c[nH]c2n1. The fraction of sp³-hybridized carbons (Fsp3) is 0.500. The Morgan fingerprint density at radius 3 is 3.48 bits per heavy atom. The zero-order chi connectivity index (χ0) is 26.8. The van der Waals surface area contributed by atoms with Crippen LogP contribution in [0.5, 0.6) is 0 Å². The topological polar surface area (TPSA) is 69.5 Å². The summed E-state index contributed by atoms with van der Waals surface area (Å²) in [6.07, 6.45) is -0.359. The molecule has 1 aliphatic heterocycles. The molecule has 0 aromatic carbocycles. The van der Waals surface area contributed by atoms with Crippen molar-refractivity contribution in [3.63, 3.8) is 0 Å². The van der Waals surface area contributed by atoms with Crippen LogP contribution in [0.1, 0.15) is 29.7 Å². The highest BCUT2D eigenvalue weighted by Gasteiger charge is 2.33. The predicted octanol–water partition coefficient (Wildman–Crippen LogP) is 1.55. The van der Waals surface area contributed by atoms with E-state index in [0.29, 0.717) is 4.90 Å². The van der Waals surface area contributed by atoms with E-state index in [9.17, 15) is 4.79 Å². The van der Waals surface area contributed by atoms with Gasteiger partial charge in [-0.05, 0) is 18.4 Å². The first-order chi connectivity index (χ1) is 15.8. The smallest absolute Gasteiger partial charge is 0.302 e. The van der Waals surface area contributed by atoms with E-state index in [1.807, 2.05) is 0 Å². The number of likely N-dealkylation sites (N-methyl/N-ethyl adjacent to an activating group) is 1. The van der Waals surface area contributed by atoms with E-state index in [1.54, 1.807) is 0 Å². The molecular weight excluding hydrogens is 292 g/mol. The first-order valence-electron chi connectivity index (χ1n) is 12.6. The molecule has 2 aromatic heterocycles. The highest BCUT2D eigenvalue weighted by molar-refractivity contribution is 5.87. The van der Waals surface area contributed by atoms with Crippen LogP contribution in [0.4, 0.5) is 5.82 Å². The van der Waals surface area contributed by atoms with Crippen molar-refractivity contribution in [2.45, 2.75) is 19.3 Å². The van der Waals surface area contributed by atoms with Gasteiger partial charge in [-0.25, -0.2) is 16.5 Å². The van der Waals surface area contributed by atoms with E-state index in [1.165, 1.54) is 0 Å². The molecule has 7 nitrogen and oxygen atoms in total. The minimum atomic E-state index is -3.37. The van der Waals surface area contributed by atoms with Gasteiger partial charge in [0.1, 0.15) is 21.9 Å². The maximum atomic E-state index is 12.7. The molecule has 0 saturated carbocycles. The molecule has 1 fully saturated rings. The molecule has 0 radical (unpaired) electrons. The van der Waals surface area contributed by atoms with Gasteiger partial charge in [0.25, 0.3) is 6.50 Å². The molecule has 1 amide bonds. The summed E-state index contributed by atoms with van der Waals surface area (Å²) in [5.74, 6) is -4.96. The number of nitrogens with zero attached hydrogens (tertiary/aromatic N) is 5. The summed E-state index contributed by atoms with van der Waals surface area (Å²) < 4.78 is 97.4. The van der Waals surface area contributed by atoms with Crippen LogP contribution in [0.25, 0.3) is 15.9 Å². The van der Waals surface area contributed by atoms with Crippen LogP contribution in [0, 0.1) is 12.5 Å². The molecule has 3 heterocycles. The molecule has 1 aliphatic rings. The third-order valence-electron chi connectivity index (χ3n) is 3.44. The number of piperidine rings is 1. The quantitative estimate of drug-likeness (QED) is 0.870. The summed E-state index contributed by atoms with van der Waals surface area (Å²) in [6, 6.07) is -3.35. The largest absolute Gasteiger partial charge is 0.354 e. The van der Waals surface area contributed by atoms with Crippen LogP contribution in [0.3, 0.4) is 0 Å². The molecule has 0 spiro atoms. The summed E-state index contributed by atoms with van der Waals surface area (Å²) in [4.78, 5) is 26.2. The van der Waals surface area contributed by atoms with Crippen molar-refractivity contribution in [2.75, 3.05) is 31.5 Å². The van der Waals surface area contributed by atoms with E-state index in [-0.39, 0.29) is 22.0 Å². The van der Waals surface area contributed by atoms with Gasteiger partial charge in [0.15, 0.2) is 0 Å². The maximum Gasteiger partial charge on any atom is 0.302 e. The Balaban J connectivity index is 2.35. The Hall–Kier alpha value is -2.62. The zero-order valence-electron chi connectivity index (χ0n) is 23.8. The average Bonchev–Trinajstić information content (AvgIpc) is 3.08. The van der Waals surface area contributed by atoms with Crippen molar-refractivity contribution in [3.8, 4) is 0 Å². The van der Waals surface area contributed by atoms with E-state index in [0.717, 1.165) is 6.20 Å². The van der Waals surface area contributed by atoms with Crippen LogP contribution >= 0.6 is 0 Å². The second kappa shape index (κ2) is 6.24. The van der Waals surface area contributed by atoms with Crippen molar-refractivity contribution in [2.24, 2.45) is 5.89 Å². The van der Waals surface area contributed by atoms with Gasteiger partial charge in [0.2, 0.25) is 0 Å². The number of likely N-dealkylation sites (tertiary alicyclic amines) is 1. The molecule has 2 aromatic rings. The Morgan fingerprint density at radius 1 is 1.78 bits per heavy atom. The Labute approximate surface area is 152 Å². The summed E-state index contributed by atoms with van der Waals surface area (Å²) in [7, 11) is 0. The van der Waals surface area contributed by atoms with Gasteiger partial charge < -0.3 is 19.6 Å². The van der Waals surface area contributed by atoms with Gasteiger partial charge in [-0.1, -0.05) is 6.85 Å². The molecular formula is C16H20N6O. The number of aromatic amines is 1. The van der Waals surface area contributed by atoms with E-state index < -0.39 is 69.8 Å². The number of hydrogen-bond acceptors (Lipinski definition) is 4. The number of carbonyl (C=O) groups excluding carboxylic acids is 1. The summed E-state index contributed by atoms with van der Waals surface area (Å²) in [5, 5.41) is -0.253. The van der Waals surface area contributed by atoms with Gasteiger partial charge in [0.05, 0.1) is 14.1 Å². The minimum absolute atomic E-state index is 0.139. The fourth-order valence-corrected chi connectivity index (χ4v) is 2.29. The Kier molecular flexibility index (Phi) is 1.76. The normalized spacial score (nSPS) is 36.9. The summed E-state index contributed by atoms with van der Waals surface area (Å²) >= 11 is 0. The number of fused-ring (bicyclic) bond motifs is 1. The van der Waals surface area contributed by atoms with Gasteiger partial charge >= 0.3 is 5.91 Å². The van der Waals surface area contributed by atoms with Crippen LogP contribution in [-0.4, -0.2) is 58.3 Å². The highest BCUT2D eigenvalue weighted by atomic mass is 16.2. The molecule has 7 heteroatoms. The lowest BCUT2D eigenvalue weighted by atomic mass is 9.92. The number of carbonyl (C=O) groups is 1. The lowest BCUT2D eigenvalue weighted by Crippen LogP contribution is -2.53. The third-order valence-corrected chi connectivity index (χ3v) is 3.44. The van der Waals surface area contributed by atoms with Gasteiger partial charge in [-0.3, -0.25) is 4.79 Å². The number of hydrogen-bond donors (Lipinski definition) is 1. The predicted molar refractivity (Wildman–Crippen MR) is 87.9 cm³/mol. The van der Waals surface area contributed by atoms with Crippen LogP contribution < -0.4 is 4.90 Å². The standard InChI is InChI=1S/C16H20N6O/c1-11-5-7-22(14(23)8-17-2)9-13(11)21(3)16-12-4-6-18-15(12)19-10-20-16/h4,6,10-11,13H,5,7-9H2,1,3H3,(H,18,19,20)/t11-,13+/m1/s1/i1D3,3D3,4D,8D2,10D,11D,13D. The van der Waals surface area contributed by atoms with Crippen molar-refractivity contribution in [3.05, 3.63) is 30.0 Å². The number of aromatic nitrogens is 3. The maximum absolute atomic E-state index is 12.7. The van der Waals surface area contributed by atoms with Gasteiger partial charge in [0, 0.05) is 35.9 Å². The van der Waals surface area contributed by atoms with Crippen LogP contribution in [-0.2, 0) is 4.79 Å². The molecule has 0 unspecified atom stereocenters. The number of H-pyrrole nitrogens is 1. The first kappa shape index (κ1) is 6.48. The molecule has 120 valence electrons. The molecule has 0 aliphatic carbocycles. The average molecular weight is 324 g/mol. The molecule has 1 saturated heterocycles. The Bertz CT molecular complexity index is 1200. The minimum Gasteiger partial charge on any atom is -0.354 e. The molecule has 3 rings (SSSR count). The zero-order valence-corrected chi connectivity index (χ0v) is 11.8. The molecule has 1 N–H and O–H groups in total. The summed E-state index contributed by atoms with van der Waals surface area (Å²) in [6.45, 7) is -4.38. The Morgan fingerprint density at radius 2 is 2.70 bits per heavy atom. The van der Waals surface area contributed by atoms with Crippen LogP contribution in [0.2, 0.25) is 0 Å². The van der Waals surface area contributed by atoms with Crippen molar-refractivity contribution in [1.29, 1.82) is 0 Å². The monoisotopic (exact) mass is 324 g/mol. The van der Waals surface area contributed by atoms with E-state index >= 15 is 0 Å². The second-order valence-corrected chi connectivity index (χ2v) is 4.76. The highest BCUT2D eigenvalue weighted by Crippen LogP contribution is 2.28. The van der Waals surface area contributed by atoms with Gasteiger partial charge in [-0.2, -0.15) is 0 Å². The van der Waals surface area contributed by atoms with Crippen LogP contribution in [0.15, 0.2) is 18.5 Å². The second-order valence-electron chi connectivity index (χ2n) is 4.76. The first-order valence-corrected chi connectivity index (χ1v) is 6.61.